The van der Waals surface area contributed by atoms with Crippen LogP contribution < -0.4 is 0 Å². The van der Waals surface area contributed by atoms with Crippen molar-refractivity contribution in [1.82, 2.24) is 0 Å². The molecule has 0 aromatic rings. The molecule has 2 nitrogen and oxygen atoms in total. The van der Waals surface area contributed by atoms with Crippen LogP contribution in [0.2, 0.25) is 0 Å². The second kappa shape index (κ2) is 5.81. The highest BCUT2D eigenvalue weighted by Crippen LogP contribution is 2.69. The van der Waals surface area contributed by atoms with Crippen LogP contribution in [0.4, 0.5) is 0 Å². The Balaban J connectivity index is 1.65. The molecule has 2 heteroatoms. The molecule has 142 valence electrons. The quantitative estimate of drug-likeness (QED) is 0.729. The first-order chi connectivity index (χ1) is 11.8. The molecule has 0 aromatic carbocycles. The summed E-state index contributed by atoms with van der Waals surface area (Å²) in [7, 11) is 0. The summed E-state index contributed by atoms with van der Waals surface area (Å²) in [6.45, 7) is 9.51. The summed E-state index contributed by atoms with van der Waals surface area (Å²) in [5.74, 6) is 3.91. The zero-order chi connectivity index (χ0) is 18.0. The molecule has 0 heterocycles. The van der Waals surface area contributed by atoms with Gasteiger partial charge in [-0.15, -0.1) is 0 Å². The average Bonchev–Trinajstić information content (AvgIpc) is 2.81. The predicted molar refractivity (Wildman–Crippen MR) is 101 cm³/mol. The van der Waals surface area contributed by atoms with E-state index in [1.165, 1.54) is 32.1 Å². The molecule has 4 aliphatic carbocycles. The lowest BCUT2D eigenvalue weighted by Crippen LogP contribution is -2.58. The Kier molecular flexibility index (Phi) is 4.19. The Labute approximate surface area is 154 Å². The molecule has 0 spiro atoms. The fraction of sp³-hybridized carbons (Fsp3) is 0.957. The Bertz CT molecular complexity index is 556. The second-order valence-corrected chi connectivity index (χ2v) is 10.6. The van der Waals surface area contributed by atoms with Gasteiger partial charge in [0, 0.05) is 12.8 Å². The van der Waals surface area contributed by atoms with E-state index in [4.69, 9.17) is 0 Å². The SMILES string of the molecule is CCCC1(O)CC[C@H]2[C@@H]3CCC4CC(=O)CC(C)[C@]4(C)[C@@H]3CC[C@@]21C. The van der Waals surface area contributed by atoms with Crippen LogP contribution in [0.5, 0.6) is 0 Å². The third-order valence-electron chi connectivity index (χ3n) is 10.0. The van der Waals surface area contributed by atoms with E-state index in [-0.39, 0.29) is 5.41 Å². The zero-order valence-electron chi connectivity index (χ0n) is 16.8. The van der Waals surface area contributed by atoms with Crippen molar-refractivity contribution in [2.75, 3.05) is 0 Å². The van der Waals surface area contributed by atoms with Crippen LogP contribution in [0.25, 0.3) is 0 Å². The number of hydrogen-bond acceptors (Lipinski definition) is 2. The molecule has 4 rings (SSSR count). The maximum absolute atomic E-state index is 12.2. The summed E-state index contributed by atoms with van der Waals surface area (Å²) >= 11 is 0. The van der Waals surface area contributed by atoms with Crippen molar-refractivity contribution in [1.29, 1.82) is 0 Å². The van der Waals surface area contributed by atoms with Gasteiger partial charge in [0.1, 0.15) is 5.78 Å². The highest BCUT2D eigenvalue weighted by atomic mass is 16.3. The van der Waals surface area contributed by atoms with E-state index in [1.54, 1.807) is 0 Å². The van der Waals surface area contributed by atoms with E-state index in [2.05, 4.69) is 27.7 Å². The molecule has 0 amide bonds. The number of carbonyl (C=O) groups is 1. The lowest BCUT2D eigenvalue weighted by atomic mass is 9.42. The van der Waals surface area contributed by atoms with Gasteiger partial charge >= 0.3 is 0 Å². The van der Waals surface area contributed by atoms with Crippen molar-refractivity contribution in [2.24, 2.45) is 40.4 Å². The smallest absolute Gasteiger partial charge is 0.133 e. The molecule has 25 heavy (non-hydrogen) atoms. The van der Waals surface area contributed by atoms with Gasteiger partial charge in [0.05, 0.1) is 5.60 Å². The van der Waals surface area contributed by atoms with Crippen LogP contribution in [0, 0.1) is 40.4 Å². The van der Waals surface area contributed by atoms with Crippen LogP contribution in [0.1, 0.15) is 91.9 Å². The van der Waals surface area contributed by atoms with Crippen LogP contribution in [-0.2, 0) is 4.79 Å². The number of Topliss-reactive ketones (excluding diaryl/α,β-unsaturated/α-hetero) is 1. The van der Waals surface area contributed by atoms with E-state index in [9.17, 15) is 9.90 Å². The Morgan fingerprint density at radius 1 is 1.04 bits per heavy atom. The van der Waals surface area contributed by atoms with Gasteiger partial charge in [0.2, 0.25) is 0 Å². The van der Waals surface area contributed by atoms with Gasteiger partial charge in [-0.05, 0) is 85.4 Å². The molecule has 4 fully saturated rings. The lowest BCUT2D eigenvalue weighted by molar-refractivity contribution is -0.169. The summed E-state index contributed by atoms with van der Waals surface area (Å²) in [4.78, 5) is 12.2. The molecule has 0 aliphatic heterocycles. The highest BCUT2D eigenvalue weighted by Gasteiger charge is 2.65. The first-order valence-corrected chi connectivity index (χ1v) is 11.0. The van der Waals surface area contributed by atoms with Gasteiger partial charge in [0.15, 0.2) is 0 Å². The van der Waals surface area contributed by atoms with Gasteiger partial charge in [-0.2, -0.15) is 0 Å². The molecule has 0 radical (unpaired) electrons. The number of carbonyl (C=O) groups excluding carboxylic acids is 1. The van der Waals surface area contributed by atoms with Gasteiger partial charge < -0.3 is 5.11 Å². The molecule has 4 saturated carbocycles. The van der Waals surface area contributed by atoms with Gasteiger partial charge in [-0.3, -0.25) is 4.79 Å². The van der Waals surface area contributed by atoms with Gasteiger partial charge in [-0.25, -0.2) is 0 Å². The van der Waals surface area contributed by atoms with E-state index < -0.39 is 5.60 Å². The number of ketones is 1. The van der Waals surface area contributed by atoms with E-state index in [1.807, 2.05) is 0 Å². The first kappa shape index (κ1) is 18.0. The maximum Gasteiger partial charge on any atom is 0.133 e. The van der Waals surface area contributed by atoms with E-state index in [0.29, 0.717) is 29.0 Å². The van der Waals surface area contributed by atoms with Gasteiger partial charge in [0.25, 0.3) is 0 Å². The van der Waals surface area contributed by atoms with Crippen LogP contribution in [-0.4, -0.2) is 16.5 Å². The maximum atomic E-state index is 12.2. The Morgan fingerprint density at radius 3 is 2.48 bits per heavy atom. The second-order valence-electron chi connectivity index (χ2n) is 10.6. The molecule has 8 atom stereocenters. The van der Waals surface area contributed by atoms with Gasteiger partial charge in [-0.1, -0.05) is 34.1 Å². The molecular formula is C23H38O2. The highest BCUT2D eigenvalue weighted by molar-refractivity contribution is 5.80. The summed E-state index contributed by atoms with van der Waals surface area (Å²) in [6, 6.07) is 0. The monoisotopic (exact) mass is 346 g/mol. The third-order valence-corrected chi connectivity index (χ3v) is 10.0. The van der Waals surface area contributed by atoms with Crippen molar-refractivity contribution in [3.05, 3.63) is 0 Å². The van der Waals surface area contributed by atoms with Crippen LogP contribution in [0.15, 0.2) is 0 Å². The molecular weight excluding hydrogens is 308 g/mol. The number of fused-ring (bicyclic) bond motifs is 5. The van der Waals surface area contributed by atoms with Crippen molar-refractivity contribution < 1.29 is 9.90 Å². The van der Waals surface area contributed by atoms with Crippen molar-refractivity contribution in [3.63, 3.8) is 0 Å². The summed E-state index contributed by atoms with van der Waals surface area (Å²) in [6.07, 6.45) is 11.0. The third kappa shape index (κ3) is 2.28. The molecule has 3 unspecified atom stereocenters. The molecule has 0 saturated heterocycles. The Hall–Kier alpha value is -0.370. The fourth-order valence-corrected chi connectivity index (χ4v) is 8.41. The van der Waals surface area contributed by atoms with Crippen molar-refractivity contribution in [3.8, 4) is 0 Å². The summed E-state index contributed by atoms with van der Waals surface area (Å²) < 4.78 is 0. The largest absolute Gasteiger partial charge is 0.389 e. The molecule has 0 bridgehead atoms. The normalized spacial score (nSPS) is 55.4. The first-order valence-electron chi connectivity index (χ1n) is 11.0. The number of rotatable bonds is 2. The number of hydrogen-bond donors (Lipinski definition) is 1. The lowest BCUT2D eigenvalue weighted by Gasteiger charge is -2.62. The predicted octanol–water partition coefficient (Wildman–Crippen LogP) is 5.38. The zero-order valence-corrected chi connectivity index (χ0v) is 16.8. The fourth-order valence-electron chi connectivity index (χ4n) is 8.41. The minimum absolute atomic E-state index is 0.126. The minimum atomic E-state index is -0.427. The van der Waals surface area contributed by atoms with E-state index in [0.717, 1.165) is 43.9 Å². The van der Waals surface area contributed by atoms with Crippen LogP contribution >= 0.6 is 0 Å². The van der Waals surface area contributed by atoms with Crippen LogP contribution in [0.3, 0.4) is 0 Å². The Morgan fingerprint density at radius 2 is 1.76 bits per heavy atom. The van der Waals surface area contributed by atoms with E-state index >= 15 is 0 Å². The average molecular weight is 347 g/mol. The minimum Gasteiger partial charge on any atom is -0.389 e. The summed E-state index contributed by atoms with van der Waals surface area (Å²) in [5, 5.41) is 11.5. The summed E-state index contributed by atoms with van der Waals surface area (Å²) in [5.41, 5.74) is 0.0496. The van der Waals surface area contributed by atoms with Crippen molar-refractivity contribution >= 4 is 5.78 Å². The van der Waals surface area contributed by atoms with Crippen molar-refractivity contribution in [2.45, 2.75) is 97.5 Å². The standard InChI is InChI=1S/C23H38O2/c1-5-10-23(25)12-9-19-18-7-6-16-14-17(24)13-15(2)22(16,4)20(18)8-11-21(19,23)3/h15-16,18-20,25H,5-14H2,1-4H3/t15?,16?,18-,19-,20+,21-,22-,23?/m0/s1. The topological polar surface area (TPSA) is 37.3 Å². The molecule has 1 N–H and O–H groups in total. The molecule has 0 aromatic heterocycles. The number of aliphatic hydroxyl groups is 1. The molecule has 4 aliphatic rings.